The van der Waals surface area contributed by atoms with Crippen molar-refractivity contribution in [3.63, 3.8) is 0 Å². The predicted molar refractivity (Wildman–Crippen MR) is 63.5 cm³/mol. The third-order valence-corrected chi connectivity index (χ3v) is 2.15. The summed E-state index contributed by atoms with van der Waals surface area (Å²) < 4.78 is 0. The molecule has 5 heteroatoms. The Hall–Kier alpha value is -2.00. The van der Waals surface area contributed by atoms with E-state index in [4.69, 9.17) is 5.53 Å². The van der Waals surface area contributed by atoms with Gasteiger partial charge in [0.15, 0.2) is 0 Å². The van der Waals surface area contributed by atoms with Crippen LogP contribution in [-0.2, 0) is 4.79 Å². The number of azide groups is 1. The Balaban J connectivity index is 2.91. The number of anilines is 1. The van der Waals surface area contributed by atoms with E-state index in [0.29, 0.717) is 5.69 Å². The van der Waals surface area contributed by atoms with Gasteiger partial charge in [-0.1, -0.05) is 25.0 Å². The van der Waals surface area contributed by atoms with Gasteiger partial charge in [-0.05, 0) is 30.2 Å². The SMILES string of the molecule is Cc1cc(N=[N+]=[N-])ccc1NC(=O)C(C)C. The maximum absolute atomic E-state index is 11.5. The van der Waals surface area contributed by atoms with Gasteiger partial charge in [0, 0.05) is 22.2 Å². The molecule has 1 amide bonds. The second kappa shape index (κ2) is 5.19. The second-order valence-electron chi connectivity index (χ2n) is 3.83. The number of aryl methyl sites for hydroxylation is 1. The Bertz CT molecular complexity index is 447. The van der Waals surface area contributed by atoms with Crippen LogP contribution in [0.4, 0.5) is 11.4 Å². The molecule has 0 aliphatic heterocycles. The molecule has 1 N–H and O–H groups in total. The van der Waals surface area contributed by atoms with E-state index in [1.807, 2.05) is 20.8 Å². The molecule has 0 aromatic heterocycles. The summed E-state index contributed by atoms with van der Waals surface area (Å²) in [7, 11) is 0. The molecule has 0 unspecified atom stereocenters. The lowest BCUT2D eigenvalue weighted by Crippen LogP contribution is -2.18. The average molecular weight is 218 g/mol. The van der Waals surface area contributed by atoms with Crippen molar-refractivity contribution in [2.45, 2.75) is 20.8 Å². The first kappa shape index (κ1) is 12.1. The van der Waals surface area contributed by atoms with Gasteiger partial charge in [0.25, 0.3) is 0 Å². The Morgan fingerprint density at radius 3 is 2.69 bits per heavy atom. The molecular weight excluding hydrogens is 204 g/mol. The van der Waals surface area contributed by atoms with Crippen LogP contribution in [0.2, 0.25) is 0 Å². The van der Waals surface area contributed by atoms with Gasteiger partial charge in [-0.25, -0.2) is 0 Å². The summed E-state index contributed by atoms with van der Waals surface area (Å²) in [5.41, 5.74) is 10.5. The van der Waals surface area contributed by atoms with Crippen molar-refractivity contribution >= 4 is 17.3 Å². The quantitative estimate of drug-likeness (QED) is 0.470. The lowest BCUT2D eigenvalue weighted by molar-refractivity contribution is -0.118. The number of carbonyl (C=O) groups excluding carboxylic acids is 1. The maximum atomic E-state index is 11.5. The monoisotopic (exact) mass is 218 g/mol. The van der Waals surface area contributed by atoms with Crippen LogP contribution in [0.15, 0.2) is 23.3 Å². The minimum absolute atomic E-state index is 0.0281. The summed E-state index contributed by atoms with van der Waals surface area (Å²) in [6, 6.07) is 5.14. The Labute approximate surface area is 94.1 Å². The molecule has 0 heterocycles. The highest BCUT2D eigenvalue weighted by molar-refractivity contribution is 5.92. The van der Waals surface area contributed by atoms with E-state index < -0.39 is 0 Å². The fraction of sp³-hybridized carbons (Fsp3) is 0.364. The molecule has 0 saturated heterocycles. The van der Waals surface area contributed by atoms with E-state index in [1.165, 1.54) is 0 Å². The van der Waals surface area contributed by atoms with Crippen molar-refractivity contribution in [3.8, 4) is 0 Å². The van der Waals surface area contributed by atoms with Crippen molar-refractivity contribution in [2.24, 2.45) is 11.0 Å². The second-order valence-corrected chi connectivity index (χ2v) is 3.83. The topological polar surface area (TPSA) is 77.9 Å². The number of carbonyl (C=O) groups is 1. The lowest BCUT2D eigenvalue weighted by atomic mass is 10.1. The minimum atomic E-state index is -0.0591. The van der Waals surface area contributed by atoms with Crippen LogP contribution in [0.5, 0.6) is 0 Å². The number of hydrogen-bond acceptors (Lipinski definition) is 2. The van der Waals surface area contributed by atoms with E-state index in [2.05, 4.69) is 15.3 Å². The number of amides is 1. The van der Waals surface area contributed by atoms with Gasteiger partial charge in [0.2, 0.25) is 5.91 Å². The van der Waals surface area contributed by atoms with Crippen LogP contribution in [0.25, 0.3) is 10.4 Å². The molecule has 0 spiro atoms. The molecule has 16 heavy (non-hydrogen) atoms. The summed E-state index contributed by atoms with van der Waals surface area (Å²) in [5, 5.41) is 6.30. The third-order valence-electron chi connectivity index (χ3n) is 2.15. The first-order valence-corrected chi connectivity index (χ1v) is 5.01. The summed E-state index contributed by atoms with van der Waals surface area (Å²) in [4.78, 5) is 14.2. The molecule has 0 saturated carbocycles. The predicted octanol–water partition coefficient (Wildman–Crippen LogP) is 3.53. The number of hydrogen-bond donors (Lipinski definition) is 1. The van der Waals surface area contributed by atoms with Gasteiger partial charge in [0.05, 0.1) is 0 Å². The Morgan fingerprint density at radius 1 is 1.50 bits per heavy atom. The van der Waals surface area contributed by atoms with E-state index in [9.17, 15) is 4.79 Å². The van der Waals surface area contributed by atoms with Gasteiger partial charge in [0.1, 0.15) is 0 Å². The number of nitrogens with one attached hydrogen (secondary N) is 1. The molecule has 0 aliphatic rings. The Morgan fingerprint density at radius 2 is 2.19 bits per heavy atom. The molecule has 0 bridgehead atoms. The van der Waals surface area contributed by atoms with Gasteiger partial charge in [-0.15, -0.1) is 0 Å². The van der Waals surface area contributed by atoms with E-state index >= 15 is 0 Å². The smallest absolute Gasteiger partial charge is 0.226 e. The summed E-state index contributed by atoms with van der Waals surface area (Å²) in [6.45, 7) is 5.52. The summed E-state index contributed by atoms with van der Waals surface area (Å²) >= 11 is 0. The van der Waals surface area contributed by atoms with Crippen LogP contribution in [0.1, 0.15) is 19.4 Å². The molecule has 5 nitrogen and oxygen atoms in total. The fourth-order valence-corrected chi connectivity index (χ4v) is 1.18. The summed E-state index contributed by atoms with van der Waals surface area (Å²) in [5.74, 6) is -0.0872. The van der Waals surface area contributed by atoms with Crippen LogP contribution in [-0.4, -0.2) is 5.91 Å². The zero-order valence-corrected chi connectivity index (χ0v) is 9.56. The van der Waals surface area contributed by atoms with Gasteiger partial charge in [-0.2, -0.15) is 0 Å². The van der Waals surface area contributed by atoms with Crippen molar-refractivity contribution in [3.05, 3.63) is 34.2 Å². The van der Waals surface area contributed by atoms with E-state index in [1.54, 1.807) is 18.2 Å². The lowest BCUT2D eigenvalue weighted by Gasteiger charge is -2.10. The number of benzene rings is 1. The highest BCUT2D eigenvalue weighted by atomic mass is 16.1. The van der Waals surface area contributed by atoms with Crippen molar-refractivity contribution < 1.29 is 4.79 Å². The van der Waals surface area contributed by atoms with E-state index in [-0.39, 0.29) is 11.8 Å². The minimum Gasteiger partial charge on any atom is -0.326 e. The highest BCUT2D eigenvalue weighted by Crippen LogP contribution is 2.22. The van der Waals surface area contributed by atoms with Crippen molar-refractivity contribution in [1.29, 1.82) is 0 Å². The van der Waals surface area contributed by atoms with Crippen LogP contribution in [0, 0.1) is 12.8 Å². The Kier molecular flexibility index (Phi) is 3.91. The number of nitrogens with zero attached hydrogens (tertiary/aromatic N) is 3. The van der Waals surface area contributed by atoms with Crippen molar-refractivity contribution in [1.82, 2.24) is 0 Å². The first-order valence-electron chi connectivity index (χ1n) is 5.01. The average Bonchev–Trinajstić information content (AvgIpc) is 2.22. The number of rotatable bonds is 3. The normalized spacial score (nSPS) is 9.75. The maximum Gasteiger partial charge on any atom is 0.226 e. The van der Waals surface area contributed by atoms with Crippen LogP contribution >= 0.6 is 0 Å². The van der Waals surface area contributed by atoms with Crippen molar-refractivity contribution in [2.75, 3.05) is 5.32 Å². The van der Waals surface area contributed by atoms with Crippen LogP contribution in [0.3, 0.4) is 0 Å². The van der Waals surface area contributed by atoms with Gasteiger partial charge >= 0.3 is 0 Å². The van der Waals surface area contributed by atoms with Crippen LogP contribution < -0.4 is 5.32 Å². The molecule has 0 fully saturated rings. The molecule has 1 aromatic carbocycles. The molecule has 0 aliphatic carbocycles. The molecule has 0 radical (unpaired) electrons. The molecule has 1 rings (SSSR count). The van der Waals surface area contributed by atoms with E-state index in [0.717, 1.165) is 11.3 Å². The van der Waals surface area contributed by atoms with Gasteiger partial charge < -0.3 is 5.32 Å². The zero-order valence-electron chi connectivity index (χ0n) is 9.56. The molecule has 1 aromatic rings. The van der Waals surface area contributed by atoms with Gasteiger partial charge in [-0.3, -0.25) is 4.79 Å². The largest absolute Gasteiger partial charge is 0.326 e. The molecule has 84 valence electrons. The standard InChI is InChI=1S/C11H14N4O/c1-7(2)11(16)13-10-5-4-9(14-15-12)6-8(10)3/h4-7H,1-3H3,(H,13,16). The summed E-state index contributed by atoms with van der Waals surface area (Å²) in [6.07, 6.45) is 0. The fourth-order valence-electron chi connectivity index (χ4n) is 1.18. The molecular formula is C11H14N4O. The first-order chi connectivity index (χ1) is 7.54. The molecule has 0 atom stereocenters. The third kappa shape index (κ3) is 3.00. The highest BCUT2D eigenvalue weighted by Gasteiger charge is 2.08. The zero-order chi connectivity index (χ0) is 12.1.